The number of benzene rings is 1. The van der Waals surface area contributed by atoms with Crippen LogP contribution in [0.2, 0.25) is 0 Å². The number of esters is 1. The summed E-state index contributed by atoms with van der Waals surface area (Å²) >= 11 is 0. The zero-order chi connectivity index (χ0) is 16.6. The van der Waals surface area contributed by atoms with Crippen LogP contribution >= 0.6 is 0 Å². The van der Waals surface area contributed by atoms with Crippen LogP contribution in [0.5, 0.6) is 0 Å². The van der Waals surface area contributed by atoms with Gasteiger partial charge in [-0.1, -0.05) is 25.3 Å². The standard InChI is InChI=1S/C19H24BNO2/c1-19(2,3)23-18(22)13-9-10-14-15(11-13)21-17(20)16(14)12-7-5-4-6-8-12/h9-12,21H,4-8H2,1-3H3. The molecule has 3 rings (SSSR count). The first-order chi connectivity index (χ1) is 10.8. The summed E-state index contributed by atoms with van der Waals surface area (Å²) in [5, 5.41) is 1.14. The zero-order valence-corrected chi connectivity index (χ0v) is 14.2. The largest absolute Gasteiger partial charge is 0.456 e. The van der Waals surface area contributed by atoms with Crippen molar-refractivity contribution in [2.24, 2.45) is 0 Å². The summed E-state index contributed by atoms with van der Waals surface area (Å²) in [6.07, 6.45) is 6.26. The van der Waals surface area contributed by atoms with E-state index >= 15 is 0 Å². The molecule has 2 radical (unpaired) electrons. The van der Waals surface area contributed by atoms with Gasteiger partial charge in [0.15, 0.2) is 0 Å². The van der Waals surface area contributed by atoms with Crippen molar-refractivity contribution in [2.45, 2.75) is 64.4 Å². The van der Waals surface area contributed by atoms with Crippen LogP contribution in [0.25, 0.3) is 10.9 Å². The Bertz CT molecular complexity index is 721. The zero-order valence-electron chi connectivity index (χ0n) is 14.2. The summed E-state index contributed by atoms with van der Waals surface area (Å²) in [4.78, 5) is 15.5. The number of nitrogens with one attached hydrogen (secondary N) is 1. The van der Waals surface area contributed by atoms with E-state index in [1.807, 2.05) is 39.0 Å². The molecule has 1 aromatic heterocycles. The highest BCUT2D eigenvalue weighted by Crippen LogP contribution is 2.35. The maximum Gasteiger partial charge on any atom is 0.338 e. The average Bonchev–Trinajstić information content (AvgIpc) is 2.81. The minimum atomic E-state index is -0.492. The second kappa shape index (κ2) is 6.07. The van der Waals surface area contributed by atoms with E-state index in [-0.39, 0.29) is 5.97 Å². The Morgan fingerprint density at radius 3 is 2.57 bits per heavy atom. The predicted molar refractivity (Wildman–Crippen MR) is 94.7 cm³/mol. The molecule has 2 aromatic rings. The molecule has 1 aromatic carbocycles. The summed E-state index contributed by atoms with van der Waals surface area (Å²) in [6, 6.07) is 5.70. The Morgan fingerprint density at radius 1 is 1.22 bits per heavy atom. The summed E-state index contributed by atoms with van der Waals surface area (Å²) in [7, 11) is 6.24. The van der Waals surface area contributed by atoms with Crippen molar-refractivity contribution >= 4 is 30.3 Å². The highest BCUT2D eigenvalue weighted by Gasteiger charge is 2.22. The molecule has 0 spiro atoms. The lowest BCUT2D eigenvalue weighted by Crippen LogP contribution is -2.23. The van der Waals surface area contributed by atoms with Crippen molar-refractivity contribution in [3.05, 3.63) is 29.3 Å². The molecule has 1 aliphatic carbocycles. The van der Waals surface area contributed by atoms with Crippen LogP contribution in [0, 0.1) is 0 Å². The van der Waals surface area contributed by atoms with E-state index < -0.39 is 5.60 Å². The fraction of sp³-hybridized carbons (Fsp3) is 0.526. The maximum atomic E-state index is 12.2. The monoisotopic (exact) mass is 309 g/mol. The number of hydrogen-bond acceptors (Lipinski definition) is 2. The Kier molecular flexibility index (Phi) is 4.26. The molecule has 0 unspecified atom stereocenters. The second-order valence-corrected chi connectivity index (χ2v) is 7.55. The third-order valence-corrected chi connectivity index (χ3v) is 4.52. The van der Waals surface area contributed by atoms with Crippen LogP contribution in [-0.4, -0.2) is 24.4 Å². The minimum absolute atomic E-state index is 0.299. The van der Waals surface area contributed by atoms with Gasteiger partial charge in [0.1, 0.15) is 13.4 Å². The number of hydrogen-bond donors (Lipinski definition) is 1. The van der Waals surface area contributed by atoms with Gasteiger partial charge >= 0.3 is 5.97 Å². The van der Waals surface area contributed by atoms with Gasteiger partial charge in [-0.2, -0.15) is 0 Å². The Labute approximate surface area is 139 Å². The van der Waals surface area contributed by atoms with Gasteiger partial charge in [-0.25, -0.2) is 4.79 Å². The Morgan fingerprint density at radius 2 is 1.91 bits per heavy atom. The maximum absolute atomic E-state index is 12.2. The number of rotatable bonds is 2. The number of carbonyl (C=O) groups is 1. The molecule has 0 saturated heterocycles. The Hall–Kier alpha value is -1.71. The third kappa shape index (κ3) is 3.46. The molecule has 1 heterocycles. The minimum Gasteiger partial charge on any atom is -0.456 e. The van der Waals surface area contributed by atoms with E-state index in [0.717, 1.165) is 16.5 Å². The van der Waals surface area contributed by atoms with Crippen molar-refractivity contribution in [1.29, 1.82) is 0 Å². The molecule has 1 aliphatic rings. The van der Waals surface area contributed by atoms with E-state index in [0.29, 0.717) is 11.5 Å². The molecule has 0 atom stereocenters. The van der Waals surface area contributed by atoms with E-state index in [1.54, 1.807) is 0 Å². The van der Waals surface area contributed by atoms with Crippen molar-refractivity contribution in [3.8, 4) is 0 Å². The summed E-state index contributed by atoms with van der Waals surface area (Å²) in [5.74, 6) is 0.233. The normalized spacial score (nSPS) is 16.7. The van der Waals surface area contributed by atoms with Crippen molar-refractivity contribution in [2.75, 3.05) is 0 Å². The highest BCUT2D eigenvalue weighted by molar-refractivity contribution is 6.34. The predicted octanol–water partition coefficient (Wildman–Crippen LogP) is 3.96. The number of ether oxygens (including phenoxy) is 1. The van der Waals surface area contributed by atoms with Crippen molar-refractivity contribution in [3.63, 3.8) is 0 Å². The SMILES string of the molecule is [B]c1[nH]c2cc(C(=O)OC(C)(C)C)ccc2c1C1CCCCC1. The molecule has 3 nitrogen and oxygen atoms in total. The van der Waals surface area contributed by atoms with Gasteiger partial charge in [-0.05, 0) is 62.8 Å². The fourth-order valence-electron chi connectivity index (χ4n) is 3.54. The van der Waals surface area contributed by atoms with Gasteiger partial charge in [-0.15, -0.1) is 0 Å². The second-order valence-electron chi connectivity index (χ2n) is 7.55. The van der Waals surface area contributed by atoms with Gasteiger partial charge in [0.2, 0.25) is 0 Å². The average molecular weight is 309 g/mol. The first kappa shape index (κ1) is 16.2. The molecule has 0 aliphatic heterocycles. The van der Waals surface area contributed by atoms with E-state index in [1.165, 1.54) is 37.7 Å². The van der Waals surface area contributed by atoms with Gasteiger partial charge in [0, 0.05) is 10.9 Å². The molecule has 0 bridgehead atoms. The number of aromatic amines is 1. The van der Waals surface area contributed by atoms with Crippen LogP contribution in [0.4, 0.5) is 0 Å². The number of H-pyrrole nitrogens is 1. The van der Waals surface area contributed by atoms with Gasteiger partial charge in [0.25, 0.3) is 0 Å². The molecular weight excluding hydrogens is 285 g/mol. The van der Waals surface area contributed by atoms with E-state index in [4.69, 9.17) is 12.6 Å². The lowest BCUT2D eigenvalue weighted by molar-refractivity contribution is 0.00697. The van der Waals surface area contributed by atoms with Crippen molar-refractivity contribution in [1.82, 2.24) is 4.98 Å². The first-order valence-electron chi connectivity index (χ1n) is 8.49. The number of carbonyl (C=O) groups excluding carboxylic acids is 1. The lowest BCUT2D eigenvalue weighted by Gasteiger charge is -2.22. The number of aromatic nitrogens is 1. The van der Waals surface area contributed by atoms with Gasteiger partial charge in [-0.3, -0.25) is 0 Å². The van der Waals surface area contributed by atoms with E-state index in [2.05, 4.69) is 4.98 Å². The van der Waals surface area contributed by atoms with Gasteiger partial charge in [0.05, 0.1) is 5.56 Å². The molecule has 4 heteroatoms. The van der Waals surface area contributed by atoms with Crippen LogP contribution in [-0.2, 0) is 4.74 Å². The molecule has 23 heavy (non-hydrogen) atoms. The Balaban J connectivity index is 1.94. The third-order valence-electron chi connectivity index (χ3n) is 4.52. The molecular formula is C19H24BNO2. The van der Waals surface area contributed by atoms with Crippen LogP contribution in [0.3, 0.4) is 0 Å². The molecule has 1 N–H and O–H groups in total. The van der Waals surface area contributed by atoms with Crippen LogP contribution < -0.4 is 5.59 Å². The quantitative estimate of drug-likeness (QED) is 0.674. The first-order valence-corrected chi connectivity index (χ1v) is 8.49. The lowest BCUT2D eigenvalue weighted by atomic mass is 9.80. The topological polar surface area (TPSA) is 42.1 Å². The van der Waals surface area contributed by atoms with Gasteiger partial charge < -0.3 is 9.72 Å². The smallest absolute Gasteiger partial charge is 0.338 e. The van der Waals surface area contributed by atoms with Crippen molar-refractivity contribution < 1.29 is 9.53 Å². The summed E-state index contributed by atoms with van der Waals surface area (Å²) < 4.78 is 5.44. The number of fused-ring (bicyclic) bond motifs is 1. The van der Waals surface area contributed by atoms with E-state index in [9.17, 15) is 4.79 Å². The van der Waals surface area contributed by atoms with Crippen LogP contribution in [0.15, 0.2) is 18.2 Å². The molecule has 1 saturated carbocycles. The molecule has 0 amide bonds. The fourth-order valence-corrected chi connectivity index (χ4v) is 3.54. The molecule has 120 valence electrons. The molecule has 1 fully saturated rings. The highest BCUT2D eigenvalue weighted by atomic mass is 16.6. The summed E-state index contributed by atoms with van der Waals surface area (Å²) in [6.45, 7) is 5.62. The van der Waals surface area contributed by atoms with Crippen LogP contribution in [0.1, 0.15) is 74.7 Å². The summed E-state index contributed by atoms with van der Waals surface area (Å²) in [5.41, 5.74) is 2.97.